The number of hydrogen-bond donors (Lipinski definition) is 2. The molecular formula is C22H19ClN2O8. The van der Waals surface area contributed by atoms with E-state index in [4.69, 9.17) is 25.8 Å². The average Bonchev–Trinajstić information content (AvgIpc) is 3.09. The Bertz CT molecular complexity index is 1240. The normalized spacial score (nSPS) is 21.3. The number of carbonyl (C=O) groups excluding carboxylic acids is 2. The number of benzene rings is 2. The molecule has 0 amide bonds. The van der Waals surface area contributed by atoms with Crippen molar-refractivity contribution in [3.05, 3.63) is 56.7 Å². The highest BCUT2D eigenvalue weighted by molar-refractivity contribution is 6.36. The number of anilines is 1. The van der Waals surface area contributed by atoms with Crippen LogP contribution in [0.1, 0.15) is 23.7 Å². The van der Waals surface area contributed by atoms with Crippen LogP contribution in [0, 0.1) is 16.0 Å². The second-order valence-corrected chi connectivity index (χ2v) is 8.07. The summed E-state index contributed by atoms with van der Waals surface area (Å²) in [5, 5.41) is 23.9. The first-order valence-electron chi connectivity index (χ1n) is 9.81. The molecule has 4 rings (SSSR count). The highest BCUT2D eigenvalue weighted by atomic mass is 35.5. The maximum absolute atomic E-state index is 13.5. The zero-order valence-corrected chi connectivity index (χ0v) is 18.6. The molecule has 1 spiro atoms. The van der Waals surface area contributed by atoms with Gasteiger partial charge >= 0.3 is 0 Å². The molecule has 2 aromatic rings. The summed E-state index contributed by atoms with van der Waals surface area (Å²) >= 11 is 6.36. The number of halogens is 1. The summed E-state index contributed by atoms with van der Waals surface area (Å²) in [6.07, 6.45) is 1.43. The van der Waals surface area contributed by atoms with Crippen LogP contribution in [0.3, 0.4) is 0 Å². The van der Waals surface area contributed by atoms with Gasteiger partial charge in [0.15, 0.2) is 5.75 Å². The summed E-state index contributed by atoms with van der Waals surface area (Å²) in [4.78, 5) is 37.0. The molecule has 2 unspecified atom stereocenters. The molecule has 0 bridgehead atoms. The SMILES string of the molecule is COc1cc(OC)c2c(c1Cl)OC1(C(=O)C=C(Nc3ccc([N+](=O)[O-])cc3O)CC1C)C2=O. The van der Waals surface area contributed by atoms with Crippen molar-refractivity contribution in [2.24, 2.45) is 5.92 Å². The Morgan fingerprint density at radius 1 is 1.24 bits per heavy atom. The number of ketones is 2. The van der Waals surface area contributed by atoms with Gasteiger partial charge in [-0.05, 0) is 12.5 Å². The first-order chi connectivity index (χ1) is 15.6. The maximum Gasteiger partial charge on any atom is 0.273 e. The predicted octanol–water partition coefficient (Wildman–Crippen LogP) is 3.89. The second kappa shape index (κ2) is 7.96. The van der Waals surface area contributed by atoms with Crippen molar-refractivity contribution in [2.45, 2.75) is 18.9 Å². The average molecular weight is 475 g/mol. The van der Waals surface area contributed by atoms with E-state index in [0.717, 1.165) is 6.07 Å². The number of phenols is 1. The van der Waals surface area contributed by atoms with Crippen LogP contribution >= 0.6 is 11.6 Å². The van der Waals surface area contributed by atoms with E-state index in [1.807, 2.05) is 0 Å². The van der Waals surface area contributed by atoms with Crippen molar-refractivity contribution in [3.8, 4) is 23.0 Å². The fraction of sp³-hybridized carbons (Fsp3) is 0.273. The summed E-state index contributed by atoms with van der Waals surface area (Å²) in [7, 11) is 2.79. The summed E-state index contributed by atoms with van der Waals surface area (Å²) in [5.41, 5.74) is -1.44. The molecule has 0 radical (unpaired) electrons. The van der Waals surface area contributed by atoms with Gasteiger partial charge in [-0.2, -0.15) is 0 Å². The van der Waals surface area contributed by atoms with E-state index in [0.29, 0.717) is 5.70 Å². The maximum atomic E-state index is 13.5. The lowest BCUT2D eigenvalue weighted by Crippen LogP contribution is -2.55. The number of allylic oxidation sites excluding steroid dienone is 1. The van der Waals surface area contributed by atoms with Crippen LogP contribution in [0.5, 0.6) is 23.0 Å². The third-order valence-corrected chi connectivity index (χ3v) is 6.16. The summed E-state index contributed by atoms with van der Waals surface area (Å²) in [6, 6.07) is 5.01. The lowest BCUT2D eigenvalue weighted by molar-refractivity contribution is -0.384. The molecule has 33 heavy (non-hydrogen) atoms. The van der Waals surface area contributed by atoms with Crippen LogP contribution in [0.4, 0.5) is 11.4 Å². The van der Waals surface area contributed by atoms with E-state index in [1.165, 1.54) is 38.5 Å². The van der Waals surface area contributed by atoms with Crippen LogP contribution < -0.4 is 19.5 Å². The summed E-state index contributed by atoms with van der Waals surface area (Å²) in [6.45, 7) is 1.68. The van der Waals surface area contributed by atoms with E-state index in [-0.39, 0.29) is 51.4 Å². The number of rotatable bonds is 5. The highest BCUT2D eigenvalue weighted by Gasteiger charge is 2.60. The van der Waals surface area contributed by atoms with Gasteiger partial charge in [0.2, 0.25) is 17.2 Å². The van der Waals surface area contributed by atoms with E-state index in [1.54, 1.807) is 6.92 Å². The number of aromatic hydroxyl groups is 1. The highest BCUT2D eigenvalue weighted by Crippen LogP contribution is 2.53. The molecule has 172 valence electrons. The van der Waals surface area contributed by atoms with Crippen molar-refractivity contribution < 1.29 is 33.8 Å². The second-order valence-electron chi connectivity index (χ2n) is 7.69. The monoisotopic (exact) mass is 474 g/mol. The minimum absolute atomic E-state index is 0.0240. The number of carbonyl (C=O) groups is 2. The fourth-order valence-electron chi connectivity index (χ4n) is 4.13. The Morgan fingerprint density at radius 2 is 1.94 bits per heavy atom. The van der Waals surface area contributed by atoms with Gasteiger partial charge in [-0.15, -0.1) is 0 Å². The van der Waals surface area contributed by atoms with Gasteiger partial charge in [0.1, 0.15) is 27.8 Å². The number of nitrogens with zero attached hydrogens (tertiary/aromatic N) is 1. The zero-order valence-electron chi connectivity index (χ0n) is 17.8. The molecule has 0 aromatic heterocycles. The lowest BCUT2D eigenvalue weighted by Gasteiger charge is -2.35. The van der Waals surface area contributed by atoms with Crippen LogP contribution in [-0.2, 0) is 4.79 Å². The molecule has 1 aliphatic carbocycles. The van der Waals surface area contributed by atoms with E-state index < -0.39 is 28.0 Å². The zero-order chi connectivity index (χ0) is 24.1. The van der Waals surface area contributed by atoms with Gasteiger partial charge in [-0.1, -0.05) is 18.5 Å². The Balaban J connectivity index is 1.69. The predicted molar refractivity (Wildman–Crippen MR) is 118 cm³/mol. The third-order valence-electron chi connectivity index (χ3n) is 5.80. The van der Waals surface area contributed by atoms with Gasteiger partial charge < -0.3 is 24.6 Å². The number of fused-ring (bicyclic) bond motifs is 1. The number of nitro benzene ring substituents is 1. The number of Topliss-reactive ketones (excluding diaryl/α,β-unsaturated/α-hetero) is 1. The van der Waals surface area contributed by atoms with Crippen molar-refractivity contribution in [3.63, 3.8) is 0 Å². The minimum Gasteiger partial charge on any atom is -0.506 e. The van der Waals surface area contributed by atoms with Gasteiger partial charge in [0.05, 0.1) is 30.9 Å². The van der Waals surface area contributed by atoms with Gasteiger partial charge in [0, 0.05) is 29.8 Å². The first kappa shape index (κ1) is 22.4. The number of hydrogen-bond acceptors (Lipinski definition) is 9. The molecule has 10 nitrogen and oxygen atoms in total. The molecule has 2 aromatic carbocycles. The number of non-ortho nitro benzene ring substituents is 1. The first-order valence-corrected chi connectivity index (χ1v) is 10.2. The van der Waals surface area contributed by atoms with Crippen molar-refractivity contribution in [1.29, 1.82) is 0 Å². The van der Waals surface area contributed by atoms with Gasteiger partial charge in [-0.25, -0.2) is 0 Å². The van der Waals surface area contributed by atoms with E-state index in [2.05, 4.69) is 5.32 Å². The van der Waals surface area contributed by atoms with E-state index in [9.17, 15) is 24.8 Å². The molecule has 11 heteroatoms. The minimum atomic E-state index is -1.83. The molecule has 2 N–H and O–H groups in total. The van der Waals surface area contributed by atoms with Crippen LogP contribution in [-0.4, -0.2) is 41.4 Å². The van der Waals surface area contributed by atoms with Crippen LogP contribution in [0.2, 0.25) is 5.02 Å². The Morgan fingerprint density at radius 3 is 2.52 bits per heavy atom. The molecule has 0 saturated carbocycles. The van der Waals surface area contributed by atoms with Crippen molar-refractivity contribution in [2.75, 3.05) is 19.5 Å². The van der Waals surface area contributed by atoms with Crippen LogP contribution in [0.15, 0.2) is 36.0 Å². The van der Waals surface area contributed by atoms with Crippen molar-refractivity contribution >= 4 is 34.5 Å². The smallest absolute Gasteiger partial charge is 0.273 e. The Hall–Kier alpha value is -3.79. The molecule has 2 atom stereocenters. The van der Waals surface area contributed by atoms with E-state index >= 15 is 0 Å². The standard InChI is InChI=1S/C22H19ClN2O8/c1-10-6-11(24-13-5-4-12(25(29)30)8-14(13)26)7-17(27)22(10)21(28)18-15(31-2)9-16(32-3)19(23)20(18)33-22/h4-5,7-10,24,26H,6H2,1-3H3. The molecule has 2 aliphatic rings. The summed E-state index contributed by atoms with van der Waals surface area (Å²) in [5.74, 6) is -1.71. The topological polar surface area (TPSA) is 137 Å². The number of ether oxygens (including phenoxy) is 3. The van der Waals surface area contributed by atoms with Crippen LogP contribution in [0.25, 0.3) is 0 Å². The van der Waals surface area contributed by atoms with Gasteiger partial charge in [-0.3, -0.25) is 19.7 Å². The number of methoxy groups -OCH3 is 2. The number of nitro groups is 1. The quantitative estimate of drug-likeness (QED) is 0.286. The largest absolute Gasteiger partial charge is 0.506 e. The molecule has 0 fully saturated rings. The Labute approximate surface area is 192 Å². The fourth-order valence-corrected chi connectivity index (χ4v) is 4.39. The molecular weight excluding hydrogens is 456 g/mol. The molecule has 1 heterocycles. The third kappa shape index (κ3) is 3.34. The molecule has 0 saturated heterocycles. The lowest BCUT2D eigenvalue weighted by atomic mass is 9.74. The number of nitrogens with one attached hydrogen (secondary N) is 1. The Kier molecular flexibility index (Phi) is 5.41. The number of phenolic OH excluding ortho intramolecular Hbond substituents is 1. The van der Waals surface area contributed by atoms with Gasteiger partial charge in [0.25, 0.3) is 5.69 Å². The summed E-state index contributed by atoms with van der Waals surface area (Å²) < 4.78 is 16.5. The van der Waals surface area contributed by atoms with Crippen molar-refractivity contribution in [1.82, 2.24) is 0 Å². The molecule has 1 aliphatic heterocycles.